The zero-order valence-electron chi connectivity index (χ0n) is 28.6. The van der Waals surface area contributed by atoms with Crippen LogP contribution in [0.1, 0.15) is 97.3 Å². The average Bonchev–Trinajstić information content (AvgIpc) is 3.93. The predicted octanol–water partition coefficient (Wildman–Crippen LogP) is 6.57. The molecule has 2 aliphatic heterocycles. The first-order chi connectivity index (χ1) is 23.4. The Labute approximate surface area is 299 Å². The van der Waals surface area contributed by atoms with Crippen LogP contribution >= 0.6 is 0 Å². The summed E-state index contributed by atoms with van der Waals surface area (Å²) in [6, 6.07) is 10.0. The fraction of sp³-hybridized carbons (Fsp3) is 0.395. The first-order valence-electron chi connectivity index (χ1n) is 16.6. The summed E-state index contributed by atoms with van der Waals surface area (Å²) >= 11 is 0. The molecule has 5 heterocycles. The molecule has 8 bridgehead atoms. The Morgan fingerprint density at radius 1 is 0.551 bits per heavy atom. The van der Waals surface area contributed by atoms with Gasteiger partial charge < -0.3 is 24.2 Å². The minimum Gasteiger partial charge on any atom is -0.657 e. The molecule has 2 aliphatic rings. The van der Waals surface area contributed by atoms with Crippen LogP contribution in [-0.2, 0) is 67.3 Å². The van der Waals surface area contributed by atoms with Crippen LogP contribution in [0.2, 0.25) is 0 Å². The number of hydrogen-bond donors (Lipinski definition) is 0. The molecule has 0 saturated heterocycles. The fourth-order valence-corrected chi connectivity index (χ4v) is 5.98. The number of fused-ring (bicyclic) bond motifs is 8. The standard InChI is InChI=1S/C38H42N4O6.Zn/c1-46-36(43)13-7-4-10-27-30-18-16-25(39-30)24-26-17-19-31(40-26)28(11-5-8-14-37(44)47-2)33-21-23-35(42-33)29(34-22-20-32(27)41-34)12-6-9-15-38(45)48-3;/h16-24H,4-15H2,1-3H3;/q-2;+2. The molecule has 0 saturated carbocycles. The third-order valence-corrected chi connectivity index (χ3v) is 8.61. The number of carbonyl (C=O) groups is 3. The van der Waals surface area contributed by atoms with E-state index in [1.165, 1.54) is 21.3 Å². The molecule has 252 valence electrons. The second-order valence-corrected chi connectivity index (χ2v) is 11.9. The van der Waals surface area contributed by atoms with E-state index in [-0.39, 0.29) is 37.4 Å². The number of carbonyl (C=O) groups excluding carboxylic acids is 3. The molecule has 11 heteroatoms. The normalized spacial score (nSPS) is 11.7. The molecule has 0 amide bonds. The van der Waals surface area contributed by atoms with Gasteiger partial charge in [-0.25, -0.2) is 9.97 Å². The Balaban J connectivity index is 0.00000541. The van der Waals surface area contributed by atoms with Gasteiger partial charge >= 0.3 is 37.4 Å². The number of aromatic nitrogens is 4. The first kappa shape index (κ1) is 37.5. The molecule has 49 heavy (non-hydrogen) atoms. The Kier molecular flexibility index (Phi) is 14.1. The number of ether oxygens (including phenoxy) is 3. The minimum atomic E-state index is -0.223. The van der Waals surface area contributed by atoms with Crippen molar-refractivity contribution in [2.24, 2.45) is 0 Å². The second-order valence-electron chi connectivity index (χ2n) is 11.9. The quantitative estimate of drug-likeness (QED) is 0.0507. The maximum absolute atomic E-state index is 11.8. The maximum atomic E-state index is 11.8. The first-order valence-corrected chi connectivity index (χ1v) is 16.6. The summed E-state index contributed by atoms with van der Waals surface area (Å²) < 4.78 is 14.5. The van der Waals surface area contributed by atoms with Crippen molar-refractivity contribution in [1.82, 2.24) is 19.9 Å². The number of rotatable bonds is 15. The minimum absolute atomic E-state index is 0. The zero-order valence-corrected chi connectivity index (χ0v) is 31.6. The summed E-state index contributed by atoms with van der Waals surface area (Å²) in [5, 5.41) is 0. The Morgan fingerprint density at radius 3 is 1.43 bits per heavy atom. The van der Waals surface area contributed by atoms with Crippen LogP contribution in [0.15, 0.2) is 30.3 Å². The van der Waals surface area contributed by atoms with E-state index in [2.05, 4.69) is 0 Å². The van der Waals surface area contributed by atoms with Gasteiger partial charge in [0.25, 0.3) is 0 Å². The van der Waals surface area contributed by atoms with Crippen LogP contribution in [-0.4, -0.2) is 49.2 Å². The molecule has 5 rings (SSSR count). The Bertz CT molecular complexity index is 1850. The molecular formula is C38H42N4O6Zn. The number of methoxy groups -OCH3 is 3. The second kappa shape index (κ2) is 18.4. The van der Waals surface area contributed by atoms with Gasteiger partial charge in [-0.3, -0.25) is 14.4 Å². The van der Waals surface area contributed by atoms with Crippen molar-refractivity contribution in [2.75, 3.05) is 21.3 Å². The molecular weight excluding hydrogens is 674 g/mol. The van der Waals surface area contributed by atoms with Crippen molar-refractivity contribution in [3.05, 3.63) is 69.8 Å². The molecule has 0 fully saturated rings. The predicted molar refractivity (Wildman–Crippen MR) is 186 cm³/mol. The smallest absolute Gasteiger partial charge is 0.657 e. The van der Waals surface area contributed by atoms with Gasteiger partial charge in [-0.2, -0.15) is 0 Å². The van der Waals surface area contributed by atoms with Gasteiger partial charge in [0.05, 0.1) is 44.1 Å². The summed E-state index contributed by atoms with van der Waals surface area (Å²) in [6.07, 6.45) is 15.6. The van der Waals surface area contributed by atoms with E-state index in [0.717, 1.165) is 80.8 Å². The molecule has 0 aliphatic carbocycles. The van der Waals surface area contributed by atoms with Crippen LogP contribution in [0, 0.1) is 0 Å². The van der Waals surface area contributed by atoms with E-state index in [1.54, 1.807) is 0 Å². The van der Waals surface area contributed by atoms with Crippen molar-refractivity contribution in [2.45, 2.75) is 77.0 Å². The number of hydrogen-bond acceptors (Lipinski definition) is 8. The van der Waals surface area contributed by atoms with Crippen molar-refractivity contribution in [3.63, 3.8) is 0 Å². The molecule has 10 nitrogen and oxygen atoms in total. The topological polar surface area (TPSA) is 133 Å². The average molecular weight is 716 g/mol. The van der Waals surface area contributed by atoms with Gasteiger partial charge in [-0.1, -0.05) is 30.3 Å². The van der Waals surface area contributed by atoms with Crippen LogP contribution < -0.4 is 9.97 Å². The van der Waals surface area contributed by atoms with Crippen LogP contribution in [0.4, 0.5) is 0 Å². The van der Waals surface area contributed by atoms with Gasteiger partial charge in [0.15, 0.2) is 0 Å². The summed E-state index contributed by atoms with van der Waals surface area (Å²) in [6.45, 7) is 0. The van der Waals surface area contributed by atoms with Crippen LogP contribution in [0.25, 0.3) is 46.4 Å². The third-order valence-electron chi connectivity index (χ3n) is 8.61. The molecule has 0 atom stereocenters. The van der Waals surface area contributed by atoms with Crippen LogP contribution in [0.5, 0.6) is 0 Å². The van der Waals surface area contributed by atoms with E-state index in [4.69, 9.17) is 34.1 Å². The van der Waals surface area contributed by atoms with E-state index in [9.17, 15) is 14.4 Å². The van der Waals surface area contributed by atoms with E-state index >= 15 is 0 Å². The van der Waals surface area contributed by atoms with Crippen molar-refractivity contribution < 1.29 is 48.1 Å². The SMILES string of the molecule is COC(=O)CCCCc1c2nc(c(CCCCC(=O)OC)c3ccc([n-]3)c(CCCCC(=O)OC)c3nc(cc4ccc1[n-]4)C=C3)C=C2.[Zn+2]. The molecule has 0 aromatic carbocycles. The summed E-state index contributed by atoms with van der Waals surface area (Å²) in [7, 11) is 4.22. The van der Waals surface area contributed by atoms with Gasteiger partial charge in [0.1, 0.15) is 0 Å². The van der Waals surface area contributed by atoms with E-state index in [0.29, 0.717) is 57.8 Å². The molecule has 0 unspecified atom stereocenters. The number of nitrogens with zero attached hydrogens (tertiary/aromatic N) is 4. The largest absolute Gasteiger partial charge is 2.00 e. The van der Waals surface area contributed by atoms with Gasteiger partial charge in [0.2, 0.25) is 0 Å². The monoisotopic (exact) mass is 714 g/mol. The summed E-state index contributed by atoms with van der Waals surface area (Å²) in [4.78, 5) is 55.5. The Morgan fingerprint density at radius 2 is 0.959 bits per heavy atom. The molecule has 0 radical (unpaired) electrons. The summed E-state index contributed by atoms with van der Waals surface area (Å²) in [5.74, 6) is -0.656. The molecule has 0 N–H and O–H groups in total. The zero-order chi connectivity index (χ0) is 33.9. The van der Waals surface area contributed by atoms with Gasteiger partial charge in [-0.15, -0.1) is 22.1 Å². The van der Waals surface area contributed by atoms with Gasteiger partial charge in [0, 0.05) is 19.3 Å². The molecule has 3 aromatic heterocycles. The van der Waals surface area contributed by atoms with Crippen molar-refractivity contribution in [1.29, 1.82) is 0 Å². The third kappa shape index (κ3) is 10.1. The summed E-state index contributed by atoms with van der Waals surface area (Å²) in [5.41, 5.74) is 9.64. The van der Waals surface area contributed by atoms with Crippen molar-refractivity contribution in [3.8, 4) is 0 Å². The fourth-order valence-electron chi connectivity index (χ4n) is 5.98. The molecule has 3 aromatic rings. The van der Waals surface area contributed by atoms with E-state index in [1.807, 2.05) is 54.6 Å². The number of aryl methyl sites for hydroxylation is 3. The van der Waals surface area contributed by atoms with Crippen molar-refractivity contribution >= 4 is 64.3 Å². The van der Waals surface area contributed by atoms with Gasteiger partial charge in [-0.05, 0) is 98.8 Å². The number of esters is 3. The molecule has 0 spiro atoms. The number of unbranched alkanes of at least 4 members (excludes halogenated alkanes) is 3. The maximum Gasteiger partial charge on any atom is 2.00 e. The Hall–Kier alpha value is -4.37. The van der Waals surface area contributed by atoms with Crippen LogP contribution in [0.3, 0.4) is 0 Å². The van der Waals surface area contributed by atoms with E-state index < -0.39 is 0 Å².